The second kappa shape index (κ2) is 6.17. The van der Waals surface area contributed by atoms with Crippen molar-refractivity contribution in [2.24, 2.45) is 0 Å². The molecule has 0 aliphatic rings. The molecule has 0 unspecified atom stereocenters. The van der Waals surface area contributed by atoms with Gasteiger partial charge < -0.3 is 5.32 Å². The van der Waals surface area contributed by atoms with Gasteiger partial charge in [-0.3, -0.25) is 14.9 Å². The quantitative estimate of drug-likeness (QED) is 0.483. The van der Waals surface area contributed by atoms with Crippen LogP contribution in [0.15, 0.2) is 36.4 Å². The van der Waals surface area contributed by atoms with Gasteiger partial charge in [-0.15, -0.1) is 0 Å². The highest BCUT2D eigenvalue weighted by Crippen LogP contribution is 2.21. The summed E-state index contributed by atoms with van der Waals surface area (Å²) in [5.74, 6) is -1.50. The molecule has 21 heavy (non-hydrogen) atoms. The van der Waals surface area contributed by atoms with E-state index in [1.165, 1.54) is 6.07 Å². The summed E-state index contributed by atoms with van der Waals surface area (Å²) in [4.78, 5) is 21.9. The van der Waals surface area contributed by atoms with E-state index in [1.807, 2.05) is 19.1 Å². The van der Waals surface area contributed by atoms with E-state index < -0.39 is 22.3 Å². The first-order chi connectivity index (χ1) is 9.88. The Bertz CT molecular complexity index is 734. The zero-order valence-corrected chi connectivity index (χ0v) is 13.0. The lowest BCUT2D eigenvalue weighted by atomic mass is 10.1. The maximum Gasteiger partial charge on any atom is 0.305 e. The summed E-state index contributed by atoms with van der Waals surface area (Å²) < 4.78 is 14.3. The second-order valence-electron chi connectivity index (χ2n) is 4.34. The Balaban J connectivity index is 2.28. The van der Waals surface area contributed by atoms with Gasteiger partial charge in [-0.2, -0.15) is 4.39 Å². The number of nitrogens with one attached hydrogen (secondary N) is 1. The van der Waals surface area contributed by atoms with Gasteiger partial charge in [0.05, 0.1) is 4.92 Å². The molecule has 5 nitrogen and oxygen atoms in total. The Morgan fingerprint density at radius 3 is 2.62 bits per heavy atom. The van der Waals surface area contributed by atoms with E-state index in [0.717, 1.165) is 21.3 Å². The summed E-state index contributed by atoms with van der Waals surface area (Å²) in [5.41, 5.74) is 0.780. The van der Waals surface area contributed by atoms with Crippen molar-refractivity contribution in [1.29, 1.82) is 0 Å². The molecule has 0 fully saturated rings. The molecule has 1 N–H and O–H groups in total. The van der Waals surface area contributed by atoms with Crippen LogP contribution in [0.1, 0.15) is 15.9 Å². The average Bonchev–Trinajstić information content (AvgIpc) is 2.42. The van der Waals surface area contributed by atoms with Gasteiger partial charge >= 0.3 is 5.69 Å². The van der Waals surface area contributed by atoms with Gasteiger partial charge in [0.1, 0.15) is 0 Å². The average molecular weight is 400 g/mol. The van der Waals surface area contributed by atoms with Crippen molar-refractivity contribution in [3.8, 4) is 0 Å². The number of benzene rings is 2. The summed E-state index contributed by atoms with van der Waals surface area (Å²) in [6.07, 6.45) is 0. The standard InChI is InChI=1S/C14H10FIN2O3/c1-8-6-10(16)3-5-12(8)17-14(19)9-2-4-11(15)13(7-9)18(20)21/h2-7H,1H3,(H,17,19). The van der Waals surface area contributed by atoms with Gasteiger partial charge in [-0.1, -0.05) is 0 Å². The van der Waals surface area contributed by atoms with E-state index in [9.17, 15) is 19.3 Å². The molecule has 108 valence electrons. The molecule has 2 rings (SSSR count). The first kappa shape index (κ1) is 15.4. The number of hydrogen-bond acceptors (Lipinski definition) is 3. The van der Waals surface area contributed by atoms with E-state index in [1.54, 1.807) is 6.07 Å². The van der Waals surface area contributed by atoms with Crippen LogP contribution in [-0.4, -0.2) is 10.8 Å². The third-order valence-corrected chi connectivity index (χ3v) is 3.51. The van der Waals surface area contributed by atoms with Crippen LogP contribution >= 0.6 is 22.6 Å². The second-order valence-corrected chi connectivity index (χ2v) is 5.58. The topological polar surface area (TPSA) is 72.2 Å². The lowest BCUT2D eigenvalue weighted by Crippen LogP contribution is -2.13. The van der Waals surface area contributed by atoms with Crippen molar-refractivity contribution in [3.63, 3.8) is 0 Å². The number of nitro groups is 1. The van der Waals surface area contributed by atoms with Crippen LogP contribution in [0.5, 0.6) is 0 Å². The van der Waals surface area contributed by atoms with Gasteiger partial charge in [0, 0.05) is 20.9 Å². The summed E-state index contributed by atoms with van der Waals surface area (Å²) in [6, 6.07) is 8.51. The summed E-state index contributed by atoms with van der Waals surface area (Å²) in [7, 11) is 0. The third kappa shape index (κ3) is 3.54. The Kier molecular flexibility index (Phi) is 4.51. The minimum Gasteiger partial charge on any atom is -0.322 e. The normalized spacial score (nSPS) is 10.2. The van der Waals surface area contributed by atoms with Crippen LogP contribution in [0.25, 0.3) is 0 Å². The van der Waals surface area contributed by atoms with Crippen molar-refractivity contribution in [1.82, 2.24) is 0 Å². The summed E-state index contributed by atoms with van der Waals surface area (Å²) >= 11 is 2.15. The zero-order chi connectivity index (χ0) is 15.6. The summed E-state index contributed by atoms with van der Waals surface area (Å²) in [6.45, 7) is 1.84. The Labute approximate surface area is 133 Å². The van der Waals surface area contributed by atoms with Gasteiger partial charge in [0.2, 0.25) is 5.82 Å². The third-order valence-electron chi connectivity index (χ3n) is 2.84. The molecule has 0 aliphatic carbocycles. The molecule has 0 radical (unpaired) electrons. The van der Waals surface area contributed by atoms with E-state index in [2.05, 4.69) is 27.9 Å². The Morgan fingerprint density at radius 2 is 2.00 bits per heavy atom. The molecule has 0 spiro atoms. The molecule has 7 heteroatoms. The van der Waals surface area contributed by atoms with Crippen molar-refractivity contribution < 1.29 is 14.1 Å². The number of carbonyl (C=O) groups excluding carboxylic acids is 1. The molecule has 2 aromatic rings. The smallest absolute Gasteiger partial charge is 0.305 e. The lowest BCUT2D eigenvalue weighted by molar-refractivity contribution is -0.387. The minimum absolute atomic E-state index is 0.0288. The molecule has 0 saturated heterocycles. The monoisotopic (exact) mass is 400 g/mol. The van der Waals surface area contributed by atoms with Gasteiger partial charge in [-0.05, 0) is 65.4 Å². The predicted molar refractivity (Wildman–Crippen MR) is 84.9 cm³/mol. The van der Waals surface area contributed by atoms with Gasteiger partial charge in [-0.25, -0.2) is 0 Å². The molecular weight excluding hydrogens is 390 g/mol. The molecule has 0 atom stereocenters. The fraction of sp³-hybridized carbons (Fsp3) is 0.0714. The van der Waals surface area contributed by atoms with Crippen molar-refractivity contribution in [2.45, 2.75) is 6.92 Å². The Morgan fingerprint density at radius 1 is 1.29 bits per heavy atom. The first-order valence-electron chi connectivity index (χ1n) is 5.90. The highest BCUT2D eigenvalue weighted by molar-refractivity contribution is 14.1. The molecule has 0 heterocycles. The molecule has 1 amide bonds. The van der Waals surface area contributed by atoms with Gasteiger partial charge in [0.25, 0.3) is 5.91 Å². The number of amides is 1. The van der Waals surface area contributed by atoms with E-state index in [4.69, 9.17) is 0 Å². The van der Waals surface area contributed by atoms with Gasteiger partial charge in [0.15, 0.2) is 0 Å². The first-order valence-corrected chi connectivity index (χ1v) is 6.98. The van der Waals surface area contributed by atoms with Crippen LogP contribution in [0.4, 0.5) is 15.8 Å². The van der Waals surface area contributed by atoms with Crippen molar-refractivity contribution in [3.05, 3.63) is 67.0 Å². The lowest BCUT2D eigenvalue weighted by Gasteiger charge is -2.09. The largest absolute Gasteiger partial charge is 0.322 e. The molecule has 0 aromatic heterocycles. The Hall–Kier alpha value is -2.03. The van der Waals surface area contributed by atoms with Crippen molar-refractivity contribution >= 4 is 39.9 Å². The van der Waals surface area contributed by atoms with E-state index >= 15 is 0 Å². The number of halogens is 2. The van der Waals surface area contributed by atoms with Crippen LogP contribution < -0.4 is 5.32 Å². The van der Waals surface area contributed by atoms with E-state index in [-0.39, 0.29) is 5.56 Å². The van der Waals surface area contributed by atoms with E-state index in [0.29, 0.717) is 5.69 Å². The maximum atomic E-state index is 13.2. The minimum atomic E-state index is -0.970. The SMILES string of the molecule is Cc1cc(I)ccc1NC(=O)c1ccc(F)c([N+](=O)[O-])c1. The number of anilines is 1. The number of hydrogen-bond donors (Lipinski definition) is 1. The zero-order valence-electron chi connectivity index (χ0n) is 10.9. The maximum absolute atomic E-state index is 13.2. The number of rotatable bonds is 3. The number of nitro benzene ring substituents is 1. The highest BCUT2D eigenvalue weighted by atomic mass is 127. The highest BCUT2D eigenvalue weighted by Gasteiger charge is 2.17. The molecular formula is C14H10FIN2O3. The number of carbonyl (C=O) groups is 1. The molecule has 0 aliphatic heterocycles. The van der Waals surface area contributed by atoms with Crippen LogP contribution in [0, 0.1) is 26.4 Å². The number of nitrogens with zero attached hydrogens (tertiary/aromatic N) is 1. The van der Waals surface area contributed by atoms with Crippen LogP contribution in [-0.2, 0) is 0 Å². The summed E-state index contributed by atoms with van der Waals surface area (Å²) in [5, 5.41) is 13.3. The predicted octanol–water partition coefficient (Wildman–Crippen LogP) is 3.90. The van der Waals surface area contributed by atoms with Crippen molar-refractivity contribution in [2.75, 3.05) is 5.32 Å². The fourth-order valence-corrected chi connectivity index (χ4v) is 2.40. The van der Waals surface area contributed by atoms with Crippen LogP contribution in [0.2, 0.25) is 0 Å². The van der Waals surface area contributed by atoms with Crippen LogP contribution in [0.3, 0.4) is 0 Å². The number of aryl methyl sites for hydroxylation is 1. The molecule has 2 aromatic carbocycles. The fourth-order valence-electron chi connectivity index (χ4n) is 1.76. The molecule has 0 bridgehead atoms. The molecule has 0 saturated carbocycles.